The summed E-state index contributed by atoms with van der Waals surface area (Å²) >= 11 is 0. The van der Waals surface area contributed by atoms with Crippen LogP contribution in [-0.4, -0.2) is 38.3 Å². The Kier molecular flexibility index (Phi) is 4.59. The van der Waals surface area contributed by atoms with Crippen LogP contribution in [0.3, 0.4) is 0 Å². The lowest BCUT2D eigenvalue weighted by Gasteiger charge is -2.11. The van der Waals surface area contributed by atoms with Gasteiger partial charge in [0, 0.05) is 35.7 Å². The molecule has 8 nitrogen and oxygen atoms in total. The van der Waals surface area contributed by atoms with E-state index in [1.54, 1.807) is 52.2 Å². The van der Waals surface area contributed by atoms with Crippen molar-refractivity contribution in [1.82, 2.24) is 19.3 Å². The fraction of sp³-hybridized carbons (Fsp3) is 0.100. The number of carbonyl (C=O) groups is 2. The number of carbonyl (C=O) groups excluding carboxylic acids is 2. The number of para-hydroxylation sites is 1. The SMILES string of the molecule is COC(=O)c1cn(CC(=O)Nc2cccnc2-n2cccn2)c2ccccc12. The maximum absolute atomic E-state index is 12.7. The Hall–Kier alpha value is -3.94. The maximum Gasteiger partial charge on any atom is 0.340 e. The molecular formula is C20H17N5O3. The second-order valence-corrected chi connectivity index (χ2v) is 6.05. The number of pyridine rings is 1. The molecule has 8 heteroatoms. The van der Waals surface area contributed by atoms with Crippen molar-refractivity contribution in [3.05, 3.63) is 72.8 Å². The summed E-state index contributed by atoms with van der Waals surface area (Å²) < 4.78 is 8.15. The van der Waals surface area contributed by atoms with Crippen molar-refractivity contribution in [3.63, 3.8) is 0 Å². The van der Waals surface area contributed by atoms with Crippen LogP contribution in [0.1, 0.15) is 10.4 Å². The molecule has 0 fully saturated rings. The van der Waals surface area contributed by atoms with E-state index in [2.05, 4.69) is 15.4 Å². The number of hydrogen-bond donors (Lipinski definition) is 1. The van der Waals surface area contributed by atoms with Crippen LogP contribution in [-0.2, 0) is 16.1 Å². The van der Waals surface area contributed by atoms with Gasteiger partial charge in [-0.15, -0.1) is 0 Å². The summed E-state index contributed by atoms with van der Waals surface area (Å²) in [4.78, 5) is 29.0. The standard InChI is InChI=1S/C20H17N5O3/c1-28-20(27)15-12-24(17-8-3-2-6-14(15)17)13-18(26)23-16-7-4-9-21-19(16)25-11-5-10-22-25/h2-12H,13H2,1H3,(H,23,26). The number of fused-ring (bicyclic) bond motifs is 1. The summed E-state index contributed by atoms with van der Waals surface area (Å²) in [5.74, 6) is -0.171. The minimum absolute atomic E-state index is 0.0327. The van der Waals surface area contributed by atoms with Gasteiger partial charge >= 0.3 is 5.97 Å². The van der Waals surface area contributed by atoms with E-state index in [1.165, 1.54) is 7.11 Å². The van der Waals surface area contributed by atoms with Crippen molar-refractivity contribution in [2.45, 2.75) is 6.54 Å². The third-order valence-electron chi connectivity index (χ3n) is 4.29. The van der Waals surface area contributed by atoms with E-state index in [4.69, 9.17) is 4.74 Å². The first-order valence-corrected chi connectivity index (χ1v) is 8.58. The number of anilines is 1. The van der Waals surface area contributed by atoms with Gasteiger partial charge in [-0.25, -0.2) is 14.5 Å². The summed E-state index contributed by atoms with van der Waals surface area (Å²) in [6.45, 7) is 0.0327. The second-order valence-electron chi connectivity index (χ2n) is 6.05. The number of aromatic nitrogens is 4. The van der Waals surface area contributed by atoms with Crippen LogP contribution < -0.4 is 5.32 Å². The zero-order chi connectivity index (χ0) is 19.5. The van der Waals surface area contributed by atoms with Gasteiger partial charge in [-0.2, -0.15) is 5.10 Å². The Morgan fingerprint density at radius 3 is 2.75 bits per heavy atom. The largest absolute Gasteiger partial charge is 0.465 e. The number of ether oxygens (including phenoxy) is 1. The Bertz CT molecular complexity index is 1150. The van der Waals surface area contributed by atoms with E-state index in [0.717, 1.165) is 10.9 Å². The number of methoxy groups -OCH3 is 1. The summed E-state index contributed by atoms with van der Waals surface area (Å²) in [5.41, 5.74) is 1.74. The topological polar surface area (TPSA) is 91.0 Å². The van der Waals surface area contributed by atoms with Crippen molar-refractivity contribution in [2.75, 3.05) is 12.4 Å². The lowest BCUT2D eigenvalue weighted by Crippen LogP contribution is -2.19. The fourth-order valence-corrected chi connectivity index (χ4v) is 3.07. The smallest absolute Gasteiger partial charge is 0.340 e. The number of esters is 1. The molecule has 0 unspecified atom stereocenters. The fourth-order valence-electron chi connectivity index (χ4n) is 3.07. The average Bonchev–Trinajstić information content (AvgIpc) is 3.37. The molecule has 0 spiro atoms. The van der Waals surface area contributed by atoms with Crippen LogP contribution in [0.25, 0.3) is 16.7 Å². The van der Waals surface area contributed by atoms with Crippen molar-refractivity contribution in [1.29, 1.82) is 0 Å². The van der Waals surface area contributed by atoms with Crippen LogP contribution in [0.4, 0.5) is 5.69 Å². The van der Waals surface area contributed by atoms with Crippen LogP contribution in [0.2, 0.25) is 0 Å². The highest BCUT2D eigenvalue weighted by Crippen LogP contribution is 2.22. The molecule has 140 valence electrons. The zero-order valence-electron chi connectivity index (χ0n) is 15.1. The van der Waals surface area contributed by atoms with Gasteiger partial charge in [0.25, 0.3) is 0 Å². The molecule has 28 heavy (non-hydrogen) atoms. The van der Waals surface area contributed by atoms with Gasteiger partial charge in [0.05, 0.1) is 18.4 Å². The first-order chi connectivity index (χ1) is 13.7. The molecule has 3 heterocycles. The molecule has 1 aromatic carbocycles. The molecule has 0 saturated carbocycles. The first kappa shape index (κ1) is 17.5. The molecular weight excluding hydrogens is 358 g/mol. The second kappa shape index (κ2) is 7.36. The van der Waals surface area contributed by atoms with E-state index in [0.29, 0.717) is 17.1 Å². The van der Waals surface area contributed by atoms with Crippen LogP contribution in [0.5, 0.6) is 0 Å². The van der Waals surface area contributed by atoms with Crippen molar-refractivity contribution in [3.8, 4) is 5.82 Å². The molecule has 0 radical (unpaired) electrons. The first-order valence-electron chi connectivity index (χ1n) is 8.58. The molecule has 4 aromatic rings. The molecule has 0 saturated heterocycles. The molecule has 0 aliphatic heterocycles. The molecule has 3 aromatic heterocycles. The lowest BCUT2D eigenvalue weighted by molar-refractivity contribution is -0.116. The maximum atomic E-state index is 12.7. The Morgan fingerprint density at radius 2 is 1.96 bits per heavy atom. The monoisotopic (exact) mass is 375 g/mol. The van der Waals surface area contributed by atoms with Gasteiger partial charge in [-0.3, -0.25) is 4.79 Å². The van der Waals surface area contributed by atoms with Crippen LogP contribution in [0, 0.1) is 0 Å². The number of benzene rings is 1. The normalized spacial score (nSPS) is 10.8. The van der Waals surface area contributed by atoms with Gasteiger partial charge in [0.1, 0.15) is 6.54 Å². The Balaban J connectivity index is 1.61. The number of nitrogens with zero attached hydrogens (tertiary/aromatic N) is 4. The van der Waals surface area contributed by atoms with E-state index < -0.39 is 5.97 Å². The molecule has 4 rings (SSSR count). The quantitative estimate of drug-likeness (QED) is 0.542. The molecule has 0 bridgehead atoms. The van der Waals surface area contributed by atoms with Gasteiger partial charge in [0.15, 0.2) is 5.82 Å². The van der Waals surface area contributed by atoms with Gasteiger partial charge < -0.3 is 14.6 Å². The summed E-state index contributed by atoms with van der Waals surface area (Å²) in [5, 5.41) is 7.76. The van der Waals surface area contributed by atoms with Crippen LogP contribution >= 0.6 is 0 Å². The summed E-state index contributed by atoms with van der Waals surface area (Å²) in [7, 11) is 1.33. The summed E-state index contributed by atoms with van der Waals surface area (Å²) in [6, 6.07) is 12.7. The van der Waals surface area contributed by atoms with Gasteiger partial charge in [-0.05, 0) is 24.3 Å². The highest BCUT2D eigenvalue weighted by molar-refractivity contribution is 6.05. The van der Waals surface area contributed by atoms with Crippen molar-refractivity contribution < 1.29 is 14.3 Å². The molecule has 0 atom stereocenters. The number of nitrogens with one attached hydrogen (secondary N) is 1. The molecule has 0 aliphatic rings. The lowest BCUT2D eigenvalue weighted by atomic mass is 10.2. The minimum Gasteiger partial charge on any atom is -0.465 e. The van der Waals surface area contributed by atoms with Gasteiger partial charge in [0.2, 0.25) is 5.91 Å². The average molecular weight is 375 g/mol. The third-order valence-corrected chi connectivity index (χ3v) is 4.29. The Morgan fingerprint density at radius 1 is 1.11 bits per heavy atom. The minimum atomic E-state index is -0.441. The summed E-state index contributed by atoms with van der Waals surface area (Å²) in [6.07, 6.45) is 6.66. The highest BCUT2D eigenvalue weighted by atomic mass is 16.5. The predicted molar refractivity (Wildman–Crippen MR) is 103 cm³/mol. The van der Waals surface area contributed by atoms with E-state index in [1.807, 2.05) is 24.3 Å². The van der Waals surface area contributed by atoms with Crippen LogP contribution in [0.15, 0.2) is 67.3 Å². The zero-order valence-corrected chi connectivity index (χ0v) is 15.1. The molecule has 0 aliphatic carbocycles. The number of hydrogen-bond acceptors (Lipinski definition) is 5. The van der Waals surface area contributed by atoms with Gasteiger partial charge in [-0.1, -0.05) is 18.2 Å². The number of rotatable bonds is 5. The van der Waals surface area contributed by atoms with E-state index in [9.17, 15) is 9.59 Å². The van der Waals surface area contributed by atoms with E-state index in [-0.39, 0.29) is 12.5 Å². The van der Waals surface area contributed by atoms with Crippen molar-refractivity contribution in [2.24, 2.45) is 0 Å². The third kappa shape index (κ3) is 3.23. The number of amides is 1. The predicted octanol–water partition coefficient (Wildman–Crippen LogP) is 2.65. The molecule has 1 amide bonds. The molecule has 1 N–H and O–H groups in total. The Labute approximate surface area is 160 Å². The van der Waals surface area contributed by atoms with E-state index >= 15 is 0 Å². The highest BCUT2D eigenvalue weighted by Gasteiger charge is 2.17. The van der Waals surface area contributed by atoms with Crippen molar-refractivity contribution >= 4 is 28.5 Å².